The fourth-order valence-corrected chi connectivity index (χ4v) is 1.41. The molecule has 2 aliphatic rings. The number of aldehydes is 1. The average Bonchev–Trinajstić information content (AvgIpc) is 2.86. The zero-order chi connectivity index (χ0) is 9.47. The van der Waals surface area contributed by atoms with Crippen LogP contribution in [0.5, 0.6) is 0 Å². The van der Waals surface area contributed by atoms with Gasteiger partial charge >= 0.3 is 0 Å². The van der Waals surface area contributed by atoms with Crippen LogP contribution in [0.4, 0.5) is 0 Å². The Balaban J connectivity index is 2.25. The summed E-state index contributed by atoms with van der Waals surface area (Å²) in [5, 5.41) is 9.38. The van der Waals surface area contributed by atoms with Crippen LogP contribution in [0.2, 0.25) is 0 Å². The molecule has 2 rings (SSSR count). The molecule has 0 aromatic heterocycles. The lowest BCUT2D eigenvalue weighted by Gasteiger charge is -2.11. The van der Waals surface area contributed by atoms with Gasteiger partial charge in [-0.2, -0.15) is 0 Å². The Bertz CT molecular complexity index is 305. The minimum Gasteiger partial charge on any atom is -0.504 e. The maximum atomic E-state index is 10.6. The van der Waals surface area contributed by atoms with E-state index in [1.165, 1.54) is 6.08 Å². The summed E-state index contributed by atoms with van der Waals surface area (Å²) < 4.78 is 10.3. The van der Waals surface area contributed by atoms with E-state index in [2.05, 4.69) is 0 Å². The molecule has 1 saturated heterocycles. The van der Waals surface area contributed by atoms with Gasteiger partial charge in [-0.05, 0) is 19.1 Å². The summed E-state index contributed by atoms with van der Waals surface area (Å²) in [4.78, 5) is 10.6. The van der Waals surface area contributed by atoms with Gasteiger partial charge in [-0.3, -0.25) is 4.79 Å². The Hall–Kier alpha value is -1.29. The molecule has 0 amide bonds. The molecular weight excluding hydrogens is 172 g/mol. The summed E-state index contributed by atoms with van der Waals surface area (Å²) in [5.41, 5.74) is -0.864. The summed E-state index contributed by atoms with van der Waals surface area (Å²) in [7, 11) is 0. The minimum atomic E-state index is -0.864. The zero-order valence-electron chi connectivity index (χ0n) is 7.19. The smallest absolute Gasteiger partial charge is 0.176 e. The maximum Gasteiger partial charge on any atom is 0.176 e. The van der Waals surface area contributed by atoms with E-state index in [4.69, 9.17) is 9.47 Å². The van der Waals surface area contributed by atoms with Crippen molar-refractivity contribution < 1.29 is 19.4 Å². The molecule has 1 aliphatic carbocycles. The quantitative estimate of drug-likeness (QED) is 0.515. The molecule has 0 radical (unpaired) electrons. The van der Waals surface area contributed by atoms with Gasteiger partial charge in [-0.25, -0.2) is 0 Å². The number of rotatable bonds is 3. The predicted octanol–water partition coefficient (Wildman–Crippen LogP) is 0.699. The first-order valence-corrected chi connectivity index (χ1v) is 4.13. The number of aliphatic hydroxyl groups excluding tert-OH is 1. The minimum absolute atomic E-state index is 0.0434. The number of carbonyl (C=O) groups is 1. The predicted molar refractivity (Wildman–Crippen MR) is 44.1 cm³/mol. The van der Waals surface area contributed by atoms with Crippen LogP contribution in [-0.2, 0) is 14.3 Å². The SMILES string of the molecule is CCOC1=C(O)C=CC2(C=O)OC12. The molecule has 0 aromatic carbocycles. The van der Waals surface area contributed by atoms with Gasteiger partial charge < -0.3 is 14.6 Å². The summed E-state index contributed by atoms with van der Waals surface area (Å²) in [6, 6.07) is 0. The topological polar surface area (TPSA) is 59.1 Å². The van der Waals surface area contributed by atoms with Crippen LogP contribution in [0.25, 0.3) is 0 Å². The number of allylic oxidation sites excluding steroid dienone is 1. The Morgan fingerprint density at radius 1 is 1.85 bits per heavy atom. The van der Waals surface area contributed by atoms with Crippen LogP contribution in [0.15, 0.2) is 23.7 Å². The van der Waals surface area contributed by atoms with Crippen molar-refractivity contribution >= 4 is 6.29 Å². The van der Waals surface area contributed by atoms with Crippen molar-refractivity contribution in [3.05, 3.63) is 23.7 Å². The molecule has 4 heteroatoms. The van der Waals surface area contributed by atoms with E-state index >= 15 is 0 Å². The van der Waals surface area contributed by atoms with Crippen LogP contribution in [0.3, 0.4) is 0 Å². The standard InChI is InChI=1S/C9H10O4/c1-2-12-7-6(11)3-4-9(5-10)8(7)13-9/h3-5,8,11H,2H2,1H3. The lowest BCUT2D eigenvalue weighted by Crippen LogP contribution is -2.20. The van der Waals surface area contributed by atoms with Crippen molar-refractivity contribution in [2.24, 2.45) is 0 Å². The van der Waals surface area contributed by atoms with Gasteiger partial charge in [0.25, 0.3) is 0 Å². The largest absolute Gasteiger partial charge is 0.504 e. The first-order chi connectivity index (χ1) is 6.23. The lowest BCUT2D eigenvalue weighted by molar-refractivity contribution is -0.110. The fourth-order valence-electron chi connectivity index (χ4n) is 1.41. The molecular formula is C9H10O4. The highest BCUT2D eigenvalue weighted by Crippen LogP contribution is 2.45. The molecule has 0 bridgehead atoms. The van der Waals surface area contributed by atoms with Gasteiger partial charge in [0.1, 0.15) is 0 Å². The van der Waals surface area contributed by atoms with Crippen LogP contribution < -0.4 is 0 Å². The molecule has 0 saturated carbocycles. The molecule has 4 nitrogen and oxygen atoms in total. The van der Waals surface area contributed by atoms with Gasteiger partial charge in [-0.15, -0.1) is 0 Å². The summed E-state index contributed by atoms with van der Waals surface area (Å²) in [6.45, 7) is 2.26. The number of hydrogen-bond donors (Lipinski definition) is 1. The first-order valence-electron chi connectivity index (χ1n) is 4.13. The highest BCUT2D eigenvalue weighted by atomic mass is 16.6. The fraction of sp³-hybridized carbons (Fsp3) is 0.444. The van der Waals surface area contributed by atoms with Crippen molar-refractivity contribution in [1.82, 2.24) is 0 Å². The molecule has 1 fully saturated rings. The molecule has 13 heavy (non-hydrogen) atoms. The van der Waals surface area contributed by atoms with Gasteiger partial charge in [0.2, 0.25) is 0 Å². The third kappa shape index (κ3) is 1.06. The van der Waals surface area contributed by atoms with Crippen LogP contribution >= 0.6 is 0 Å². The van der Waals surface area contributed by atoms with Crippen molar-refractivity contribution in [2.75, 3.05) is 6.61 Å². The highest BCUT2D eigenvalue weighted by Gasteiger charge is 2.60. The average molecular weight is 182 g/mol. The summed E-state index contributed by atoms with van der Waals surface area (Å²) in [5.74, 6) is 0.402. The Kier molecular flexibility index (Phi) is 1.66. The normalized spacial score (nSPS) is 35.6. The number of hydrogen-bond acceptors (Lipinski definition) is 4. The molecule has 70 valence electrons. The Morgan fingerprint density at radius 2 is 2.62 bits per heavy atom. The lowest BCUT2D eigenvalue weighted by atomic mass is 10.00. The second-order valence-electron chi connectivity index (χ2n) is 2.99. The van der Waals surface area contributed by atoms with E-state index in [9.17, 15) is 9.90 Å². The molecule has 2 atom stereocenters. The van der Waals surface area contributed by atoms with Crippen LogP contribution in [0.1, 0.15) is 6.92 Å². The second-order valence-corrected chi connectivity index (χ2v) is 2.99. The molecule has 0 aromatic rings. The molecule has 1 N–H and O–H groups in total. The van der Waals surface area contributed by atoms with Gasteiger partial charge in [0.05, 0.1) is 6.61 Å². The second kappa shape index (κ2) is 2.60. The Labute approximate surface area is 75.5 Å². The van der Waals surface area contributed by atoms with Gasteiger partial charge in [0.15, 0.2) is 29.5 Å². The molecule has 1 aliphatic heterocycles. The summed E-state index contributed by atoms with van der Waals surface area (Å²) >= 11 is 0. The number of ether oxygens (including phenoxy) is 2. The van der Waals surface area contributed by atoms with Crippen LogP contribution in [-0.4, -0.2) is 29.7 Å². The monoisotopic (exact) mass is 182 g/mol. The highest BCUT2D eigenvalue weighted by molar-refractivity contribution is 5.74. The zero-order valence-corrected chi connectivity index (χ0v) is 7.19. The third-order valence-electron chi connectivity index (χ3n) is 2.15. The Morgan fingerprint density at radius 3 is 3.23 bits per heavy atom. The van der Waals surface area contributed by atoms with E-state index < -0.39 is 11.7 Å². The van der Waals surface area contributed by atoms with E-state index in [0.29, 0.717) is 12.4 Å². The van der Waals surface area contributed by atoms with Crippen molar-refractivity contribution in [2.45, 2.75) is 18.6 Å². The molecule has 1 heterocycles. The van der Waals surface area contributed by atoms with Crippen LogP contribution in [0, 0.1) is 0 Å². The first kappa shape index (κ1) is 8.31. The maximum absolute atomic E-state index is 10.6. The van der Waals surface area contributed by atoms with Gasteiger partial charge in [-0.1, -0.05) is 0 Å². The van der Waals surface area contributed by atoms with E-state index in [1.807, 2.05) is 6.92 Å². The molecule has 2 unspecified atom stereocenters. The number of epoxide rings is 1. The van der Waals surface area contributed by atoms with E-state index in [-0.39, 0.29) is 5.76 Å². The van der Waals surface area contributed by atoms with Crippen molar-refractivity contribution in [3.8, 4) is 0 Å². The van der Waals surface area contributed by atoms with Gasteiger partial charge in [0, 0.05) is 0 Å². The van der Waals surface area contributed by atoms with Crippen molar-refractivity contribution in [1.29, 1.82) is 0 Å². The van der Waals surface area contributed by atoms with Crippen molar-refractivity contribution in [3.63, 3.8) is 0 Å². The number of fused-ring (bicyclic) bond motifs is 1. The summed E-state index contributed by atoms with van der Waals surface area (Å²) in [6.07, 6.45) is 3.28. The number of carbonyl (C=O) groups excluding carboxylic acids is 1. The number of aliphatic hydroxyl groups is 1. The van der Waals surface area contributed by atoms with E-state index in [0.717, 1.165) is 6.29 Å². The van der Waals surface area contributed by atoms with E-state index in [1.54, 1.807) is 6.08 Å². The third-order valence-corrected chi connectivity index (χ3v) is 2.15. The molecule has 0 spiro atoms.